The summed E-state index contributed by atoms with van der Waals surface area (Å²) in [6, 6.07) is 23.3. The standard InChI is InChI=1S/C32H31N7O3.C27H21N5O4.C6H13N.2CH4/c1-17-27(18(2)42-37-17)24-15-25-23(16-26(24)41-5)28-30(34-19(3)35-31(28)36-25)21-8-9-22(29-20(21)7-6-10-33-29)32(40)39-13-11-38(4)12-14-39;1-13-23(14(2)36-32-13)19-10-20-18(11-22(19)34-4)24-26(29-15(3)30-27(24)31-20)17-7-8-21(35-12-33)25-16(17)6-5-9-28-25;1-7-5-3-2-4-6-7;;/h6-10,15-16H,11-14H2,1-5H3,(H,34,35,36);5-12H,1-4H3,(H,29,30,31);2-6H2,1H3;2*1H4. The minimum atomic E-state index is 0. The van der Waals surface area contributed by atoms with Crippen molar-refractivity contribution in [3.05, 3.63) is 125 Å². The van der Waals surface area contributed by atoms with E-state index in [0.717, 1.165) is 124 Å². The average molecular weight is 1170 g/mol. The summed E-state index contributed by atoms with van der Waals surface area (Å²) in [4.78, 5) is 66.5. The minimum Gasteiger partial charge on any atom is -0.496 e. The van der Waals surface area contributed by atoms with Gasteiger partial charge in [0.25, 0.3) is 12.4 Å². The molecule has 20 heteroatoms. The van der Waals surface area contributed by atoms with E-state index < -0.39 is 0 Å². The molecule has 4 aromatic carbocycles. The fraction of sp³-hybridized carbons (Fsp3) is 0.313. The zero-order chi connectivity index (χ0) is 59.2. The normalized spacial score (nSPS) is 13.7. The first-order valence-electron chi connectivity index (χ1n) is 28.4. The highest BCUT2D eigenvalue weighted by Crippen LogP contribution is 2.45. The van der Waals surface area contributed by atoms with Gasteiger partial charge in [-0.15, -0.1) is 0 Å². The van der Waals surface area contributed by atoms with E-state index in [4.69, 9.17) is 43.2 Å². The lowest BCUT2D eigenvalue weighted by Crippen LogP contribution is -2.47. The number of piperazine rings is 1. The van der Waals surface area contributed by atoms with Crippen LogP contribution >= 0.6 is 0 Å². The number of methoxy groups -OCH3 is 2. The van der Waals surface area contributed by atoms with Crippen LogP contribution in [0.5, 0.6) is 17.2 Å². The number of aryl methyl sites for hydroxylation is 6. The quantitative estimate of drug-likeness (QED) is 0.128. The summed E-state index contributed by atoms with van der Waals surface area (Å²) >= 11 is 0. The van der Waals surface area contributed by atoms with Crippen LogP contribution in [-0.4, -0.2) is 145 Å². The van der Waals surface area contributed by atoms with Crippen molar-refractivity contribution in [2.75, 3.05) is 67.6 Å². The zero-order valence-corrected chi connectivity index (χ0v) is 49.3. The number of piperidine rings is 1. The second-order valence-corrected chi connectivity index (χ2v) is 21.8. The number of hydrogen-bond acceptors (Lipinski definition) is 17. The Bertz CT molecular complexity index is 4510. The predicted molar refractivity (Wildman–Crippen MR) is 342 cm³/mol. The first-order chi connectivity index (χ1) is 41.2. The second-order valence-electron chi connectivity index (χ2n) is 21.8. The number of H-pyrrole nitrogens is 2. The van der Waals surface area contributed by atoms with Gasteiger partial charge in [-0.1, -0.05) is 49.8 Å². The molecule has 448 valence electrons. The highest BCUT2D eigenvalue weighted by atomic mass is 16.5. The van der Waals surface area contributed by atoms with Gasteiger partial charge in [0.1, 0.15) is 51.5 Å². The third-order valence-corrected chi connectivity index (χ3v) is 16.2. The van der Waals surface area contributed by atoms with Crippen LogP contribution in [0, 0.1) is 41.5 Å². The molecular formula is C67H73N13O7. The monoisotopic (exact) mass is 1170 g/mol. The first kappa shape index (κ1) is 60.5. The number of ether oxygens (including phenoxy) is 3. The smallest absolute Gasteiger partial charge is 0.298 e. The molecular weight excluding hydrogens is 1100 g/mol. The number of nitrogens with zero attached hydrogens (tertiary/aromatic N) is 11. The summed E-state index contributed by atoms with van der Waals surface area (Å²) in [7, 11) is 7.58. The van der Waals surface area contributed by atoms with Crippen LogP contribution in [0.4, 0.5) is 0 Å². The zero-order valence-electron chi connectivity index (χ0n) is 49.3. The lowest BCUT2D eigenvalue weighted by molar-refractivity contribution is -0.120. The molecule has 10 heterocycles. The Balaban J connectivity index is 0.000000171. The van der Waals surface area contributed by atoms with Crippen LogP contribution in [0.2, 0.25) is 0 Å². The van der Waals surface area contributed by atoms with Gasteiger partial charge in [-0.05, 0) is 136 Å². The maximum Gasteiger partial charge on any atom is 0.298 e. The summed E-state index contributed by atoms with van der Waals surface area (Å²) in [5, 5.41) is 13.5. The van der Waals surface area contributed by atoms with Crippen molar-refractivity contribution >= 4 is 78.1 Å². The molecule has 2 aliphatic heterocycles. The van der Waals surface area contributed by atoms with Gasteiger partial charge in [-0.2, -0.15) is 0 Å². The summed E-state index contributed by atoms with van der Waals surface area (Å²) < 4.78 is 27.7. The molecule has 0 unspecified atom stereocenters. The Hall–Kier alpha value is -9.66. The molecule has 87 heavy (non-hydrogen) atoms. The van der Waals surface area contributed by atoms with E-state index in [-0.39, 0.29) is 20.8 Å². The van der Waals surface area contributed by atoms with Gasteiger partial charge >= 0.3 is 0 Å². The van der Waals surface area contributed by atoms with Gasteiger partial charge in [0.15, 0.2) is 5.75 Å². The Morgan fingerprint density at radius 2 is 1.03 bits per heavy atom. The van der Waals surface area contributed by atoms with Crippen molar-refractivity contribution in [1.29, 1.82) is 0 Å². The van der Waals surface area contributed by atoms with Gasteiger partial charge in [0.05, 0.1) is 70.0 Å². The molecule has 1 amide bonds. The number of aromatic nitrogens is 10. The van der Waals surface area contributed by atoms with Crippen molar-refractivity contribution in [3.8, 4) is 62.0 Å². The highest BCUT2D eigenvalue weighted by Gasteiger charge is 2.27. The van der Waals surface area contributed by atoms with Crippen LogP contribution < -0.4 is 14.2 Å². The van der Waals surface area contributed by atoms with E-state index >= 15 is 0 Å². The number of rotatable bonds is 9. The van der Waals surface area contributed by atoms with E-state index in [1.165, 1.54) is 32.4 Å². The van der Waals surface area contributed by atoms with Crippen molar-refractivity contribution in [3.63, 3.8) is 0 Å². The number of carbonyl (C=O) groups excluding carboxylic acids is 2. The topological polar surface area (TPSA) is 233 Å². The van der Waals surface area contributed by atoms with Gasteiger partial charge in [0, 0.05) is 93.4 Å². The molecule has 2 saturated heterocycles. The number of carbonyl (C=O) groups is 2. The number of likely N-dealkylation sites (tertiary alicyclic amines) is 1. The molecule has 0 saturated carbocycles. The number of benzene rings is 4. The van der Waals surface area contributed by atoms with E-state index in [9.17, 15) is 9.59 Å². The first-order valence-corrected chi connectivity index (χ1v) is 28.4. The molecule has 0 aliphatic carbocycles. The average Bonchev–Trinajstić information content (AvgIpc) is 1.79. The van der Waals surface area contributed by atoms with Gasteiger partial charge < -0.3 is 47.9 Å². The third-order valence-electron chi connectivity index (χ3n) is 16.2. The summed E-state index contributed by atoms with van der Waals surface area (Å²) in [5.74, 6) is 4.47. The van der Waals surface area contributed by atoms with Crippen molar-refractivity contribution in [1.82, 2.24) is 64.9 Å². The van der Waals surface area contributed by atoms with Crippen molar-refractivity contribution in [2.24, 2.45) is 0 Å². The minimum absolute atomic E-state index is 0. The summed E-state index contributed by atoms with van der Waals surface area (Å²) in [6.45, 7) is 17.5. The summed E-state index contributed by atoms with van der Waals surface area (Å²) in [5.41, 5.74) is 13.5. The Kier molecular flexibility index (Phi) is 17.5. The van der Waals surface area contributed by atoms with Gasteiger partial charge in [0.2, 0.25) is 0 Å². The molecule has 0 radical (unpaired) electrons. The third kappa shape index (κ3) is 11.3. The van der Waals surface area contributed by atoms with Gasteiger partial charge in [-0.3, -0.25) is 19.6 Å². The summed E-state index contributed by atoms with van der Waals surface area (Å²) in [6.07, 6.45) is 7.68. The molecule has 20 nitrogen and oxygen atoms in total. The number of likely N-dealkylation sites (N-methyl/N-ethyl adjacent to an activating group) is 1. The molecule has 0 bridgehead atoms. The van der Waals surface area contributed by atoms with E-state index in [1.54, 1.807) is 32.7 Å². The fourth-order valence-electron chi connectivity index (χ4n) is 12.0. The number of nitrogens with one attached hydrogen (secondary N) is 2. The molecule has 2 fully saturated rings. The molecule has 0 atom stereocenters. The molecule has 0 spiro atoms. The van der Waals surface area contributed by atoms with Crippen LogP contribution in [0.1, 0.15) is 79.0 Å². The SMILES string of the molecule is C.C.CN1CCCCC1.COc1cc2c(cc1-c1c(C)noc1C)[nH]c1nc(C)nc(-c3ccc(C(=O)N4CCN(C)CC4)c4ncccc34)c12.COc1cc2c(cc1-c1c(C)noc1C)[nH]c1nc(C)nc(-c3ccc(OC=O)c4ncccc34)c12. The van der Waals surface area contributed by atoms with Gasteiger partial charge in [-0.25, -0.2) is 19.9 Å². The van der Waals surface area contributed by atoms with E-state index in [0.29, 0.717) is 76.5 Å². The van der Waals surface area contributed by atoms with Crippen molar-refractivity contribution in [2.45, 2.75) is 75.7 Å². The maximum absolute atomic E-state index is 13.6. The van der Waals surface area contributed by atoms with Crippen LogP contribution in [0.25, 0.3) is 110 Å². The number of pyridine rings is 2. The van der Waals surface area contributed by atoms with E-state index in [2.05, 4.69) is 60.2 Å². The van der Waals surface area contributed by atoms with Crippen LogP contribution in [-0.2, 0) is 4.79 Å². The largest absolute Gasteiger partial charge is 0.496 e. The predicted octanol–water partition coefficient (Wildman–Crippen LogP) is 13.1. The Morgan fingerprint density at radius 3 is 1.49 bits per heavy atom. The lowest BCUT2D eigenvalue weighted by Gasteiger charge is -2.32. The van der Waals surface area contributed by atoms with Crippen LogP contribution in [0.3, 0.4) is 0 Å². The van der Waals surface area contributed by atoms with Crippen molar-refractivity contribution < 1.29 is 32.8 Å². The maximum atomic E-state index is 13.6. The molecule has 8 aromatic heterocycles. The highest BCUT2D eigenvalue weighted by molar-refractivity contribution is 6.18. The Morgan fingerprint density at radius 1 is 0.552 bits per heavy atom. The van der Waals surface area contributed by atoms with Crippen LogP contribution in [0.15, 0.2) is 94.2 Å². The molecule has 2 N–H and O–H groups in total. The number of aromatic amines is 2. The molecule has 14 rings (SSSR count). The number of fused-ring (bicyclic) bond motifs is 8. The van der Waals surface area contributed by atoms with E-state index in [1.807, 2.05) is 107 Å². The number of hydrogen-bond donors (Lipinski definition) is 2. The molecule has 2 aliphatic rings. The fourth-order valence-corrected chi connectivity index (χ4v) is 12.0. The Labute approximate surface area is 504 Å². The second kappa shape index (κ2) is 25.1. The lowest BCUT2D eigenvalue weighted by atomic mass is 9.97. The molecule has 12 aromatic rings. The number of amides is 1.